The molecule has 0 radical (unpaired) electrons. The number of nitrogens with two attached hydrogens (primary N) is 2. The lowest BCUT2D eigenvalue weighted by Crippen LogP contribution is -2.23. The van der Waals surface area contributed by atoms with Crippen LogP contribution in [0.25, 0.3) is 0 Å². The Bertz CT molecular complexity index is 288. The highest BCUT2D eigenvalue weighted by atomic mass is 19.4. The second-order valence-electron chi connectivity index (χ2n) is 3.87. The summed E-state index contributed by atoms with van der Waals surface area (Å²) in [4.78, 5) is 10.9. The molecular formula is C12H25F3N6. The number of imidazole rings is 1. The smallest absolute Gasteiger partial charge is 0.362 e. The van der Waals surface area contributed by atoms with Crippen LogP contribution in [0.2, 0.25) is 0 Å². The molecule has 124 valence electrons. The van der Waals surface area contributed by atoms with Gasteiger partial charge in [-0.15, -0.1) is 0 Å². The van der Waals surface area contributed by atoms with E-state index in [4.69, 9.17) is 0 Å². The van der Waals surface area contributed by atoms with Gasteiger partial charge in [-0.1, -0.05) is 13.3 Å². The van der Waals surface area contributed by atoms with Gasteiger partial charge in [-0.05, 0) is 6.42 Å². The number of unbranched alkanes of at least 4 members (excludes halogenated alkanes) is 1. The number of nitrogens with one attached hydrogen (secondary N) is 1. The van der Waals surface area contributed by atoms with Crippen molar-refractivity contribution in [2.45, 2.75) is 26.4 Å². The van der Waals surface area contributed by atoms with Crippen LogP contribution < -0.4 is 11.7 Å². The van der Waals surface area contributed by atoms with Crippen LogP contribution >= 0.6 is 0 Å². The topological polar surface area (TPSA) is 87.2 Å². The summed E-state index contributed by atoms with van der Waals surface area (Å²) in [6, 6.07) is 0. The Balaban J connectivity index is 0. The van der Waals surface area contributed by atoms with Crippen LogP contribution in [-0.4, -0.2) is 46.7 Å². The summed E-state index contributed by atoms with van der Waals surface area (Å²) in [5, 5.41) is 0. The number of rotatable bonds is 3. The number of hydrogen-bond acceptors (Lipinski definition) is 5. The fourth-order valence-electron chi connectivity index (χ4n) is 1.31. The molecule has 0 amide bonds. The minimum Gasteiger partial charge on any atom is -0.362 e. The molecule has 1 aromatic heterocycles. The molecule has 0 spiro atoms. The Hall–Kier alpha value is -1.74. The van der Waals surface area contributed by atoms with Crippen LogP contribution in [0, 0.1) is 0 Å². The zero-order valence-electron chi connectivity index (χ0n) is 12.4. The molecule has 6 nitrogen and oxygen atoms in total. The van der Waals surface area contributed by atoms with Crippen LogP contribution in [0.15, 0.2) is 31.1 Å². The van der Waals surface area contributed by atoms with Gasteiger partial charge in [0.05, 0.1) is 13.0 Å². The molecule has 0 unspecified atom stereocenters. The van der Waals surface area contributed by atoms with Crippen molar-refractivity contribution in [3.8, 4) is 0 Å². The van der Waals surface area contributed by atoms with Gasteiger partial charge in [0.1, 0.15) is 0 Å². The lowest BCUT2D eigenvalue weighted by molar-refractivity contribution is 0.00819. The summed E-state index contributed by atoms with van der Waals surface area (Å²) < 4.78 is 29.0. The molecule has 2 heterocycles. The summed E-state index contributed by atoms with van der Waals surface area (Å²) in [6.07, 6.45) is 12.0. The standard InChI is InChI=1S/C8H16N2.C3H4N2.CHF3.H4N2/c1-3-4-5-10-7-6-9(2)8-10;1-2-5-3-4-1;2-1(3)4;1-2/h6-7H,3-5,8H2,1-2H3;1-3H,(H,4,5);1H;1-2H2. The molecule has 21 heavy (non-hydrogen) atoms. The zero-order chi connectivity index (χ0) is 16.5. The molecule has 0 bridgehead atoms. The van der Waals surface area contributed by atoms with Crippen LogP contribution in [0.5, 0.6) is 0 Å². The first-order chi connectivity index (χ1) is 10.1. The molecule has 0 saturated heterocycles. The number of aromatic amines is 1. The van der Waals surface area contributed by atoms with Crippen molar-refractivity contribution >= 4 is 0 Å². The Morgan fingerprint density at radius 3 is 2.19 bits per heavy atom. The summed E-state index contributed by atoms with van der Waals surface area (Å²) >= 11 is 0. The zero-order valence-corrected chi connectivity index (χ0v) is 12.4. The number of nitrogens with zero attached hydrogens (tertiary/aromatic N) is 3. The maximum absolute atomic E-state index is 9.67. The van der Waals surface area contributed by atoms with E-state index in [0.29, 0.717) is 0 Å². The van der Waals surface area contributed by atoms with Gasteiger partial charge in [-0.2, -0.15) is 13.2 Å². The van der Waals surface area contributed by atoms with E-state index in [1.807, 2.05) is 0 Å². The van der Waals surface area contributed by atoms with Crippen molar-refractivity contribution in [2.24, 2.45) is 11.7 Å². The molecule has 0 atom stereocenters. The number of aromatic nitrogens is 2. The van der Waals surface area contributed by atoms with E-state index in [0.717, 1.165) is 6.67 Å². The lowest BCUT2D eigenvalue weighted by Gasteiger charge is -2.17. The van der Waals surface area contributed by atoms with E-state index in [2.05, 4.69) is 57.8 Å². The number of alkyl halides is 3. The molecular weight excluding hydrogens is 285 g/mol. The molecule has 0 aromatic carbocycles. The van der Waals surface area contributed by atoms with Crippen LogP contribution in [0.1, 0.15) is 19.8 Å². The first-order valence-electron chi connectivity index (χ1n) is 6.37. The van der Waals surface area contributed by atoms with Crippen molar-refractivity contribution in [1.82, 2.24) is 19.8 Å². The van der Waals surface area contributed by atoms with Gasteiger partial charge in [0.2, 0.25) is 0 Å². The maximum Gasteiger partial charge on any atom is 0.379 e. The summed E-state index contributed by atoms with van der Waals surface area (Å²) in [7, 11) is 2.10. The maximum atomic E-state index is 9.67. The average Bonchev–Trinajstić information content (AvgIpc) is 3.12. The molecule has 1 aliphatic rings. The summed E-state index contributed by atoms with van der Waals surface area (Å²) in [6.45, 7) is 0.834. The molecule has 9 heteroatoms. The first-order valence-corrected chi connectivity index (χ1v) is 6.37. The predicted octanol–water partition coefficient (Wildman–Crippen LogP) is 1.87. The third kappa shape index (κ3) is 18.3. The van der Waals surface area contributed by atoms with Gasteiger partial charge in [0, 0.05) is 38.4 Å². The van der Waals surface area contributed by atoms with Crippen LogP contribution in [0.4, 0.5) is 13.2 Å². The van der Waals surface area contributed by atoms with Crippen molar-refractivity contribution in [3.05, 3.63) is 31.1 Å². The van der Waals surface area contributed by atoms with Gasteiger partial charge in [0.15, 0.2) is 0 Å². The SMILES string of the molecule is CCCCN1C=CN(C)C1.FC(F)F.NN.c1c[nH]cn1. The van der Waals surface area contributed by atoms with E-state index in [1.54, 1.807) is 18.7 Å². The Kier molecular flexibility index (Phi) is 16.7. The van der Waals surface area contributed by atoms with Crippen molar-refractivity contribution in [2.75, 3.05) is 20.3 Å². The minimum absolute atomic E-state index is 1.07. The molecule has 2 rings (SSSR count). The second kappa shape index (κ2) is 16.3. The molecule has 5 N–H and O–H groups in total. The number of H-pyrrole nitrogens is 1. The van der Waals surface area contributed by atoms with E-state index >= 15 is 0 Å². The highest BCUT2D eigenvalue weighted by molar-refractivity contribution is 4.88. The third-order valence-electron chi connectivity index (χ3n) is 2.14. The molecule has 0 saturated carbocycles. The fourth-order valence-corrected chi connectivity index (χ4v) is 1.31. The van der Waals surface area contributed by atoms with Gasteiger partial charge in [-0.25, -0.2) is 4.98 Å². The van der Waals surface area contributed by atoms with Crippen LogP contribution in [0.3, 0.4) is 0 Å². The second-order valence-corrected chi connectivity index (χ2v) is 3.87. The van der Waals surface area contributed by atoms with Crippen LogP contribution in [-0.2, 0) is 0 Å². The summed E-state index contributed by atoms with van der Waals surface area (Å²) in [5.41, 5.74) is 0. The summed E-state index contributed by atoms with van der Waals surface area (Å²) in [5.74, 6) is 8.00. The van der Waals surface area contributed by atoms with E-state index in [1.165, 1.54) is 19.4 Å². The monoisotopic (exact) mass is 310 g/mol. The lowest BCUT2D eigenvalue weighted by atomic mass is 10.3. The van der Waals surface area contributed by atoms with Gasteiger partial charge < -0.3 is 14.8 Å². The van der Waals surface area contributed by atoms with E-state index in [-0.39, 0.29) is 0 Å². The highest BCUT2D eigenvalue weighted by Crippen LogP contribution is 2.04. The largest absolute Gasteiger partial charge is 0.379 e. The van der Waals surface area contributed by atoms with E-state index in [9.17, 15) is 13.2 Å². The van der Waals surface area contributed by atoms with Crippen molar-refractivity contribution < 1.29 is 13.2 Å². The first kappa shape index (κ1) is 21.6. The Morgan fingerprint density at radius 2 is 1.90 bits per heavy atom. The number of halogens is 3. The fraction of sp³-hybridized carbons (Fsp3) is 0.583. The van der Waals surface area contributed by atoms with E-state index < -0.39 is 6.68 Å². The third-order valence-corrected chi connectivity index (χ3v) is 2.14. The number of hydrogen-bond donors (Lipinski definition) is 3. The van der Waals surface area contributed by atoms with Crippen molar-refractivity contribution in [3.63, 3.8) is 0 Å². The van der Waals surface area contributed by atoms with Crippen molar-refractivity contribution in [1.29, 1.82) is 0 Å². The normalized spacial score (nSPS) is 12.0. The molecule has 0 fully saturated rings. The quantitative estimate of drug-likeness (QED) is 0.586. The minimum atomic E-state index is -3.67. The Morgan fingerprint density at radius 1 is 1.29 bits per heavy atom. The molecule has 1 aliphatic heterocycles. The van der Waals surface area contributed by atoms with Gasteiger partial charge in [0.25, 0.3) is 0 Å². The highest BCUT2D eigenvalue weighted by Gasteiger charge is 2.05. The van der Waals surface area contributed by atoms with Gasteiger partial charge >= 0.3 is 6.68 Å². The number of hydrazine groups is 1. The predicted molar refractivity (Wildman–Crippen MR) is 77.5 cm³/mol. The Labute approximate surface area is 123 Å². The molecule has 1 aromatic rings. The van der Waals surface area contributed by atoms with Gasteiger partial charge in [-0.3, -0.25) is 11.7 Å². The molecule has 0 aliphatic carbocycles. The average molecular weight is 310 g/mol.